The predicted molar refractivity (Wildman–Crippen MR) is 73.0 cm³/mol. The highest BCUT2D eigenvalue weighted by Gasteiger charge is 2.28. The van der Waals surface area contributed by atoms with Gasteiger partial charge in [-0.2, -0.15) is 5.10 Å². The second-order valence-electron chi connectivity index (χ2n) is 4.76. The fourth-order valence-electron chi connectivity index (χ4n) is 2.11. The van der Waals surface area contributed by atoms with Crippen LogP contribution < -0.4 is 10.9 Å². The summed E-state index contributed by atoms with van der Waals surface area (Å²) in [6.45, 7) is 1.01. The Labute approximate surface area is 121 Å². The van der Waals surface area contributed by atoms with E-state index in [4.69, 9.17) is 14.6 Å². The van der Waals surface area contributed by atoms with Gasteiger partial charge >= 0.3 is 0 Å². The second kappa shape index (κ2) is 7.30. The average Bonchev–Trinajstić information content (AvgIpc) is 2.49. The molecule has 0 saturated carbocycles. The summed E-state index contributed by atoms with van der Waals surface area (Å²) >= 11 is 0. The Balaban J connectivity index is 2.02. The lowest BCUT2D eigenvalue weighted by atomic mass is 10.1. The van der Waals surface area contributed by atoms with E-state index in [0.717, 1.165) is 4.68 Å². The van der Waals surface area contributed by atoms with E-state index >= 15 is 0 Å². The molecule has 0 spiro atoms. The monoisotopic (exact) mass is 297 g/mol. The average molecular weight is 297 g/mol. The van der Waals surface area contributed by atoms with Crippen LogP contribution in [0.5, 0.6) is 0 Å². The standard InChI is InChI=1S/C13H19N3O5/c1-16-12(18)3-2-10(15-16)13(19)14-9-4-6-20-8-11(9)21-7-5-17/h2-3,9,11,17H,4-8H2,1H3,(H,14,19)/t9-,11-/m1/s1. The van der Waals surface area contributed by atoms with Crippen LogP contribution in [-0.2, 0) is 16.5 Å². The molecule has 1 fully saturated rings. The van der Waals surface area contributed by atoms with Gasteiger partial charge in [-0.1, -0.05) is 0 Å². The van der Waals surface area contributed by atoms with Crippen molar-refractivity contribution in [1.82, 2.24) is 15.1 Å². The number of hydrogen-bond acceptors (Lipinski definition) is 6. The van der Waals surface area contributed by atoms with Crippen LogP contribution in [0.1, 0.15) is 16.9 Å². The fourth-order valence-corrected chi connectivity index (χ4v) is 2.11. The maximum absolute atomic E-state index is 12.2. The normalized spacial score (nSPS) is 22.0. The summed E-state index contributed by atoms with van der Waals surface area (Å²) in [4.78, 5) is 23.4. The summed E-state index contributed by atoms with van der Waals surface area (Å²) in [5.41, 5.74) is -0.105. The molecule has 2 heterocycles. The SMILES string of the molecule is Cn1nc(C(=O)N[C@@H]2CCOC[C@H]2OCCO)ccc1=O. The third-order valence-electron chi connectivity index (χ3n) is 3.24. The molecule has 21 heavy (non-hydrogen) atoms. The summed E-state index contributed by atoms with van der Waals surface area (Å²) in [5.74, 6) is -0.366. The minimum Gasteiger partial charge on any atom is -0.394 e. The van der Waals surface area contributed by atoms with E-state index in [1.807, 2.05) is 0 Å². The molecule has 0 unspecified atom stereocenters. The number of aliphatic hydroxyl groups excluding tert-OH is 1. The van der Waals surface area contributed by atoms with Crippen molar-refractivity contribution in [1.29, 1.82) is 0 Å². The molecule has 1 aliphatic rings. The molecule has 8 nitrogen and oxygen atoms in total. The van der Waals surface area contributed by atoms with Gasteiger partial charge in [0.25, 0.3) is 11.5 Å². The lowest BCUT2D eigenvalue weighted by Gasteiger charge is -2.31. The van der Waals surface area contributed by atoms with E-state index in [9.17, 15) is 9.59 Å². The van der Waals surface area contributed by atoms with Crippen molar-refractivity contribution >= 4 is 5.91 Å². The number of nitrogens with one attached hydrogen (secondary N) is 1. The van der Waals surface area contributed by atoms with Crippen LogP contribution in [0.2, 0.25) is 0 Å². The highest BCUT2D eigenvalue weighted by molar-refractivity contribution is 5.92. The number of aliphatic hydroxyl groups is 1. The zero-order valence-electron chi connectivity index (χ0n) is 11.8. The third-order valence-corrected chi connectivity index (χ3v) is 3.24. The van der Waals surface area contributed by atoms with Gasteiger partial charge in [0.15, 0.2) is 0 Å². The number of rotatable bonds is 5. The largest absolute Gasteiger partial charge is 0.394 e. The van der Waals surface area contributed by atoms with E-state index in [1.54, 1.807) is 0 Å². The third kappa shape index (κ3) is 4.10. The summed E-state index contributed by atoms with van der Waals surface area (Å²) < 4.78 is 11.9. The number of amides is 1. The van der Waals surface area contributed by atoms with E-state index < -0.39 is 0 Å². The molecule has 1 aromatic rings. The minimum absolute atomic E-state index is 0.0838. The van der Waals surface area contributed by atoms with Gasteiger partial charge in [0.05, 0.1) is 25.9 Å². The van der Waals surface area contributed by atoms with Gasteiger partial charge in [0.1, 0.15) is 11.8 Å². The Bertz CT molecular complexity index is 545. The topological polar surface area (TPSA) is 103 Å². The van der Waals surface area contributed by atoms with Crippen molar-refractivity contribution in [2.75, 3.05) is 26.4 Å². The lowest BCUT2D eigenvalue weighted by molar-refractivity contribution is -0.0737. The zero-order chi connectivity index (χ0) is 15.2. The maximum Gasteiger partial charge on any atom is 0.272 e. The van der Waals surface area contributed by atoms with Crippen LogP contribution >= 0.6 is 0 Å². The molecule has 8 heteroatoms. The van der Waals surface area contributed by atoms with Crippen molar-refractivity contribution in [2.45, 2.75) is 18.6 Å². The van der Waals surface area contributed by atoms with Crippen LogP contribution in [-0.4, -0.2) is 59.4 Å². The Morgan fingerprint density at radius 1 is 1.62 bits per heavy atom. The van der Waals surface area contributed by atoms with E-state index in [0.29, 0.717) is 19.6 Å². The van der Waals surface area contributed by atoms with E-state index in [2.05, 4.69) is 10.4 Å². The van der Waals surface area contributed by atoms with Gasteiger partial charge in [-0.05, 0) is 12.5 Å². The van der Waals surface area contributed by atoms with Crippen LogP contribution in [0.15, 0.2) is 16.9 Å². The Kier molecular flexibility index (Phi) is 5.43. The van der Waals surface area contributed by atoms with Crippen LogP contribution in [0.4, 0.5) is 0 Å². The molecule has 0 bridgehead atoms. The number of carbonyl (C=O) groups is 1. The van der Waals surface area contributed by atoms with Gasteiger partial charge in [0, 0.05) is 19.7 Å². The number of aromatic nitrogens is 2. The number of nitrogens with zero attached hydrogens (tertiary/aromatic N) is 2. The first-order valence-electron chi connectivity index (χ1n) is 6.77. The first-order valence-corrected chi connectivity index (χ1v) is 6.77. The molecule has 1 saturated heterocycles. The van der Waals surface area contributed by atoms with Crippen molar-refractivity contribution in [3.63, 3.8) is 0 Å². The second-order valence-corrected chi connectivity index (χ2v) is 4.76. The van der Waals surface area contributed by atoms with Crippen LogP contribution in [0.25, 0.3) is 0 Å². The zero-order valence-corrected chi connectivity index (χ0v) is 11.8. The molecule has 2 rings (SSSR count). The summed E-state index contributed by atoms with van der Waals surface area (Å²) in [6.07, 6.45) is 0.315. The number of aryl methyl sites for hydroxylation is 1. The molecule has 2 atom stereocenters. The number of ether oxygens (including phenoxy) is 2. The molecule has 116 valence electrons. The molecule has 1 amide bonds. The molecule has 0 radical (unpaired) electrons. The van der Waals surface area contributed by atoms with Crippen molar-refractivity contribution < 1.29 is 19.4 Å². The summed E-state index contributed by atoms with van der Waals surface area (Å²) in [6, 6.07) is 2.48. The summed E-state index contributed by atoms with van der Waals surface area (Å²) in [7, 11) is 1.49. The van der Waals surface area contributed by atoms with Gasteiger partial charge in [-0.25, -0.2) is 4.68 Å². The van der Waals surface area contributed by atoms with Gasteiger partial charge < -0.3 is 19.9 Å². The molecular formula is C13H19N3O5. The molecule has 1 aliphatic heterocycles. The van der Waals surface area contributed by atoms with Gasteiger partial charge in [0.2, 0.25) is 0 Å². The van der Waals surface area contributed by atoms with Crippen LogP contribution in [0, 0.1) is 0 Å². The Hall–Kier alpha value is -1.77. The predicted octanol–water partition coefficient (Wildman–Crippen LogP) is -1.32. The van der Waals surface area contributed by atoms with Crippen molar-refractivity contribution in [2.24, 2.45) is 7.05 Å². The quantitative estimate of drug-likeness (QED) is 0.698. The molecule has 0 aromatic carbocycles. The lowest BCUT2D eigenvalue weighted by Crippen LogP contribution is -2.50. The first-order chi connectivity index (χ1) is 10.1. The van der Waals surface area contributed by atoms with Crippen LogP contribution in [0.3, 0.4) is 0 Å². The highest BCUT2D eigenvalue weighted by Crippen LogP contribution is 2.12. The first kappa shape index (κ1) is 15.6. The Morgan fingerprint density at radius 2 is 2.43 bits per heavy atom. The van der Waals surface area contributed by atoms with Crippen molar-refractivity contribution in [3.8, 4) is 0 Å². The van der Waals surface area contributed by atoms with E-state index in [1.165, 1.54) is 19.2 Å². The number of carbonyl (C=O) groups excluding carboxylic acids is 1. The summed E-state index contributed by atoms with van der Waals surface area (Å²) in [5, 5.41) is 15.5. The maximum atomic E-state index is 12.2. The minimum atomic E-state index is -0.366. The molecule has 2 N–H and O–H groups in total. The van der Waals surface area contributed by atoms with Gasteiger partial charge in [-0.3, -0.25) is 9.59 Å². The molecule has 1 aromatic heterocycles. The van der Waals surface area contributed by atoms with E-state index in [-0.39, 0.29) is 42.5 Å². The highest BCUT2D eigenvalue weighted by atomic mass is 16.5. The van der Waals surface area contributed by atoms with Crippen molar-refractivity contribution in [3.05, 3.63) is 28.2 Å². The molecular weight excluding hydrogens is 278 g/mol. The molecule has 0 aliphatic carbocycles. The smallest absolute Gasteiger partial charge is 0.272 e. The number of hydrogen-bond donors (Lipinski definition) is 2. The fraction of sp³-hybridized carbons (Fsp3) is 0.615. The van der Waals surface area contributed by atoms with Gasteiger partial charge in [-0.15, -0.1) is 0 Å². The Morgan fingerprint density at radius 3 is 3.14 bits per heavy atom.